The molecule has 2 heterocycles. The summed E-state index contributed by atoms with van der Waals surface area (Å²) in [7, 11) is -2.46. The van der Waals surface area contributed by atoms with Crippen LogP contribution < -0.4 is 19.8 Å². The number of methoxy groups -OCH3 is 1. The van der Waals surface area contributed by atoms with Crippen LogP contribution in [0.4, 0.5) is 5.82 Å². The van der Waals surface area contributed by atoms with E-state index in [0.717, 1.165) is 5.82 Å². The highest BCUT2D eigenvalue weighted by atomic mass is 32.2. The smallest absolute Gasteiger partial charge is 0.274 e. The molecular formula is C17H21N4O4S+. The van der Waals surface area contributed by atoms with Gasteiger partial charge in [0.15, 0.2) is 0 Å². The maximum absolute atomic E-state index is 12.9. The van der Waals surface area contributed by atoms with Crippen molar-refractivity contribution in [2.75, 3.05) is 38.2 Å². The number of nitrogens with one attached hydrogen (secondary N) is 1. The standard InChI is InChI=1S/C17H20N4O4S/c1-25-15-6-5-13(26(18,23)24)12-14(15)17(22)21-10-8-20(9-11-21)16-4-2-3-7-19-16/h2-7,12H,8-11H2,1H3,(H2,18,23,24)/p+1. The number of aromatic nitrogens is 1. The van der Waals surface area contributed by atoms with Crippen LogP contribution in [0.1, 0.15) is 10.4 Å². The van der Waals surface area contributed by atoms with Crippen molar-refractivity contribution in [3.63, 3.8) is 0 Å². The zero-order valence-electron chi connectivity index (χ0n) is 14.4. The Kier molecular flexibility index (Phi) is 5.10. The van der Waals surface area contributed by atoms with E-state index in [-0.39, 0.29) is 16.4 Å². The molecule has 1 aromatic carbocycles. The van der Waals surface area contributed by atoms with E-state index in [4.69, 9.17) is 9.88 Å². The van der Waals surface area contributed by atoms with Gasteiger partial charge in [-0.05, 0) is 24.3 Å². The van der Waals surface area contributed by atoms with Gasteiger partial charge in [-0.1, -0.05) is 6.07 Å². The molecule has 0 aliphatic carbocycles. The molecule has 0 atom stereocenters. The van der Waals surface area contributed by atoms with Crippen molar-refractivity contribution in [1.82, 2.24) is 4.90 Å². The number of anilines is 1. The van der Waals surface area contributed by atoms with Gasteiger partial charge in [0.25, 0.3) is 11.7 Å². The van der Waals surface area contributed by atoms with Crippen LogP contribution in [0.25, 0.3) is 0 Å². The number of nitrogens with two attached hydrogens (primary N) is 1. The number of pyridine rings is 1. The Balaban J connectivity index is 1.78. The molecular weight excluding hydrogens is 356 g/mol. The number of H-pyrrole nitrogens is 1. The fourth-order valence-electron chi connectivity index (χ4n) is 2.93. The van der Waals surface area contributed by atoms with Gasteiger partial charge < -0.3 is 9.64 Å². The molecule has 3 N–H and O–H groups in total. The molecule has 1 saturated heterocycles. The number of hydrogen-bond donors (Lipinski definition) is 1. The Morgan fingerprint density at radius 2 is 1.88 bits per heavy atom. The molecule has 1 aliphatic heterocycles. The van der Waals surface area contributed by atoms with Crippen molar-refractivity contribution in [2.24, 2.45) is 5.14 Å². The van der Waals surface area contributed by atoms with Crippen molar-refractivity contribution in [1.29, 1.82) is 0 Å². The Morgan fingerprint density at radius 1 is 1.15 bits per heavy atom. The van der Waals surface area contributed by atoms with Crippen LogP contribution in [0, 0.1) is 0 Å². The van der Waals surface area contributed by atoms with E-state index in [1.807, 2.05) is 24.4 Å². The average Bonchev–Trinajstić information content (AvgIpc) is 2.67. The molecule has 2 aromatic rings. The number of rotatable bonds is 4. The Labute approximate surface area is 152 Å². The van der Waals surface area contributed by atoms with E-state index < -0.39 is 10.0 Å². The summed E-state index contributed by atoms with van der Waals surface area (Å²) in [5.74, 6) is 1.04. The molecule has 8 nitrogen and oxygen atoms in total. The second kappa shape index (κ2) is 7.30. The van der Waals surface area contributed by atoms with Gasteiger partial charge in [0.1, 0.15) is 18.8 Å². The lowest BCUT2D eigenvalue weighted by Gasteiger charge is -2.31. The van der Waals surface area contributed by atoms with Crippen LogP contribution in [0.5, 0.6) is 5.75 Å². The minimum absolute atomic E-state index is 0.112. The Hall–Kier alpha value is -2.65. The SMILES string of the molecule is COc1ccc(S(N)(=O)=O)cc1C(=O)N1CCN(c2cccc[nH+]2)CC1. The van der Waals surface area contributed by atoms with Gasteiger partial charge in [0, 0.05) is 6.07 Å². The van der Waals surface area contributed by atoms with E-state index in [9.17, 15) is 13.2 Å². The zero-order chi connectivity index (χ0) is 18.7. The van der Waals surface area contributed by atoms with Crippen molar-refractivity contribution < 1.29 is 22.9 Å². The molecule has 3 rings (SSSR count). The first-order valence-electron chi connectivity index (χ1n) is 8.12. The highest BCUT2D eigenvalue weighted by molar-refractivity contribution is 7.89. The minimum atomic E-state index is -3.90. The minimum Gasteiger partial charge on any atom is -0.496 e. The first-order valence-corrected chi connectivity index (χ1v) is 9.66. The third-order valence-electron chi connectivity index (χ3n) is 4.33. The summed E-state index contributed by atoms with van der Waals surface area (Å²) in [5.41, 5.74) is 0.193. The van der Waals surface area contributed by atoms with Crippen molar-refractivity contribution in [3.05, 3.63) is 48.2 Å². The summed E-state index contributed by atoms with van der Waals surface area (Å²) in [6.45, 7) is 2.38. The van der Waals surface area contributed by atoms with Crippen molar-refractivity contribution >= 4 is 21.7 Å². The number of carbonyl (C=O) groups is 1. The number of carbonyl (C=O) groups excluding carboxylic acids is 1. The first-order chi connectivity index (χ1) is 12.4. The molecule has 1 fully saturated rings. The van der Waals surface area contributed by atoms with Crippen LogP contribution in [0.3, 0.4) is 0 Å². The molecule has 0 unspecified atom stereocenters. The van der Waals surface area contributed by atoms with Crippen LogP contribution in [-0.4, -0.2) is 52.5 Å². The number of hydrogen-bond acceptors (Lipinski definition) is 5. The molecule has 0 radical (unpaired) electrons. The number of nitrogens with zero attached hydrogens (tertiary/aromatic N) is 2. The summed E-state index contributed by atoms with van der Waals surface area (Å²) in [6.07, 6.45) is 1.86. The second-order valence-corrected chi connectivity index (χ2v) is 7.50. The predicted molar refractivity (Wildman–Crippen MR) is 95.5 cm³/mol. The summed E-state index contributed by atoms with van der Waals surface area (Å²) in [5, 5.41) is 5.17. The number of primary sulfonamides is 1. The fourth-order valence-corrected chi connectivity index (χ4v) is 3.47. The number of amides is 1. The van der Waals surface area contributed by atoms with E-state index in [0.29, 0.717) is 31.9 Å². The van der Waals surface area contributed by atoms with Gasteiger partial charge in [-0.25, -0.2) is 18.5 Å². The second-order valence-electron chi connectivity index (χ2n) is 5.93. The Morgan fingerprint density at radius 3 is 2.46 bits per heavy atom. The molecule has 0 saturated carbocycles. The summed E-state index contributed by atoms with van der Waals surface area (Å²) < 4.78 is 28.4. The zero-order valence-corrected chi connectivity index (χ0v) is 15.2. The molecule has 0 spiro atoms. The molecule has 26 heavy (non-hydrogen) atoms. The predicted octanol–water partition coefficient (Wildman–Crippen LogP) is 0.119. The largest absolute Gasteiger partial charge is 0.496 e. The van der Waals surface area contributed by atoms with Gasteiger partial charge in [-0.15, -0.1) is 0 Å². The van der Waals surface area contributed by atoms with E-state index in [2.05, 4.69) is 9.88 Å². The molecule has 1 aromatic heterocycles. The average molecular weight is 377 g/mol. The normalized spacial score (nSPS) is 15.0. The number of aromatic amines is 1. The molecule has 138 valence electrons. The van der Waals surface area contributed by atoms with Crippen LogP contribution in [-0.2, 0) is 10.0 Å². The molecule has 1 aliphatic rings. The lowest BCUT2D eigenvalue weighted by atomic mass is 10.1. The monoisotopic (exact) mass is 377 g/mol. The molecule has 9 heteroatoms. The lowest BCUT2D eigenvalue weighted by molar-refractivity contribution is -0.364. The maximum Gasteiger partial charge on any atom is 0.274 e. The maximum atomic E-state index is 12.9. The van der Waals surface area contributed by atoms with Crippen LogP contribution >= 0.6 is 0 Å². The van der Waals surface area contributed by atoms with E-state index in [1.165, 1.54) is 25.3 Å². The third-order valence-corrected chi connectivity index (χ3v) is 5.24. The summed E-state index contributed by atoms with van der Waals surface area (Å²) >= 11 is 0. The van der Waals surface area contributed by atoms with Gasteiger partial charge in [0.2, 0.25) is 10.0 Å². The van der Waals surface area contributed by atoms with E-state index in [1.54, 1.807) is 4.90 Å². The lowest BCUT2D eigenvalue weighted by Crippen LogP contribution is -2.50. The van der Waals surface area contributed by atoms with Crippen LogP contribution in [0.2, 0.25) is 0 Å². The summed E-state index contributed by atoms with van der Waals surface area (Å²) in [4.78, 5) is 19.8. The van der Waals surface area contributed by atoms with E-state index >= 15 is 0 Å². The van der Waals surface area contributed by atoms with Crippen molar-refractivity contribution in [2.45, 2.75) is 4.90 Å². The summed E-state index contributed by atoms with van der Waals surface area (Å²) in [6, 6.07) is 9.89. The number of benzene rings is 1. The number of sulfonamides is 1. The molecule has 1 amide bonds. The van der Waals surface area contributed by atoms with Gasteiger partial charge in [0.05, 0.1) is 36.9 Å². The third kappa shape index (κ3) is 3.78. The van der Waals surface area contributed by atoms with Crippen molar-refractivity contribution in [3.8, 4) is 5.75 Å². The highest BCUT2D eigenvalue weighted by Crippen LogP contribution is 2.24. The fraction of sp³-hybridized carbons (Fsp3) is 0.294. The van der Waals surface area contributed by atoms with Crippen LogP contribution in [0.15, 0.2) is 47.5 Å². The highest BCUT2D eigenvalue weighted by Gasteiger charge is 2.28. The number of piperazine rings is 1. The van der Waals surface area contributed by atoms with Gasteiger partial charge in [-0.2, -0.15) is 0 Å². The van der Waals surface area contributed by atoms with Gasteiger partial charge >= 0.3 is 0 Å². The van der Waals surface area contributed by atoms with Gasteiger partial charge in [-0.3, -0.25) is 9.69 Å². The molecule has 0 bridgehead atoms. The number of ether oxygens (including phenoxy) is 1. The quantitative estimate of drug-likeness (QED) is 0.814. The Bertz CT molecular complexity index is 894. The topological polar surface area (TPSA) is 107 Å². The first kappa shape index (κ1) is 18.2.